The van der Waals surface area contributed by atoms with E-state index < -0.39 is 0 Å². The van der Waals surface area contributed by atoms with Crippen molar-refractivity contribution in [2.45, 2.75) is 51.1 Å². The number of anilines is 1. The molecular weight excluding hydrogens is 248 g/mol. The molecular formula is C17H26N2O. The smallest absolute Gasteiger partial charge is 0.119 e. The van der Waals surface area contributed by atoms with Gasteiger partial charge in [-0.05, 0) is 61.9 Å². The highest BCUT2D eigenvalue weighted by Gasteiger charge is 2.33. The Morgan fingerprint density at radius 3 is 2.75 bits per heavy atom. The van der Waals surface area contributed by atoms with Crippen molar-refractivity contribution in [1.29, 1.82) is 0 Å². The lowest BCUT2D eigenvalue weighted by Gasteiger charge is -2.29. The summed E-state index contributed by atoms with van der Waals surface area (Å²) in [6.07, 6.45) is 8.41. The highest BCUT2D eigenvalue weighted by atomic mass is 16.5. The summed E-state index contributed by atoms with van der Waals surface area (Å²) < 4.78 is 5.33. The molecule has 2 fully saturated rings. The molecule has 1 aromatic rings. The van der Waals surface area contributed by atoms with E-state index in [1.807, 2.05) is 12.1 Å². The monoisotopic (exact) mass is 274 g/mol. The van der Waals surface area contributed by atoms with E-state index in [1.54, 1.807) is 7.11 Å². The van der Waals surface area contributed by atoms with Gasteiger partial charge in [0.2, 0.25) is 0 Å². The molecule has 0 spiro atoms. The molecule has 1 unspecified atom stereocenters. The largest absolute Gasteiger partial charge is 0.497 e. The predicted octanol–water partition coefficient (Wildman–Crippen LogP) is 3.43. The Hall–Kier alpha value is -1.22. The molecule has 0 aromatic heterocycles. The maximum Gasteiger partial charge on any atom is 0.119 e. The topological polar surface area (TPSA) is 38.5 Å². The average molecular weight is 274 g/mol. The zero-order valence-electron chi connectivity index (χ0n) is 12.5. The van der Waals surface area contributed by atoms with Crippen molar-refractivity contribution in [2.24, 2.45) is 5.92 Å². The molecule has 1 aliphatic heterocycles. The highest BCUT2D eigenvalue weighted by molar-refractivity contribution is 5.50. The Bertz CT molecular complexity index is 454. The van der Waals surface area contributed by atoms with Crippen LogP contribution in [0, 0.1) is 5.92 Å². The summed E-state index contributed by atoms with van der Waals surface area (Å²) in [5, 5.41) is 0. The number of ether oxygens (including phenoxy) is 1. The molecule has 3 nitrogen and oxygen atoms in total. The van der Waals surface area contributed by atoms with E-state index in [0.717, 1.165) is 29.9 Å². The van der Waals surface area contributed by atoms with Gasteiger partial charge in [0, 0.05) is 18.3 Å². The molecule has 0 bridgehead atoms. The van der Waals surface area contributed by atoms with Gasteiger partial charge in [0.25, 0.3) is 0 Å². The van der Waals surface area contributed by atoms with Gasteiger partial charge in [-0.15, -0.1) is 0 Å². The lowest BCUT2D eigenvalue weighted by Crippen LogP contribution is -2.34. The summed E-state index contributed by atoms with van der Waals surface area (Å²) >= 11 is 0. The van der Waals surface area contributed by atoms with Crippen LogP contribution in [0.4, 0.5) is 5.69 Å². The first kappa shape index (κ1) is 13.7. The van der Waals surface area contributed by atoms with Gasteiger partial charge in [-0.25, -0.2) is 0 Å². The van der Waals surface area contributed by atoms with E-state index in [-0.39, 0.29) is 0 Å². The molecule has 1 aromatic carbocycles. The molecule has 1 heterocycles. The second-order valence-electron chi connectivity index (χ2n) is 6.29. The van der Waals surface area contributed by atoms with Crippen molar-refractivity contribution in [3.05, 3.63) is 23.8 Å². The van der Waals surface area contributed by atoms with Crippen LogP contribution in [0.15, 0.2) is 18.2 Å². The van der Waals surface area contributed by atoms with Crippen LogP contribution in [0.1, 0.15) is 44.1 Å². The predicted molar refractivity (Wildman–Crippen MR) is 82.8 cm³/mol. The number of hydrogen-bond acceptors (Lipinski definition) is 3. The molecule has 3 rings (SSSR count). The lowest BCUT2D eigenvalue weighted by molar-refractivity contribution is 0.183. The highest BCUT2D eigenvalue weighted by Crippen LogP contribution is 2.36. The maximum absolute atomic E-state index is 6.14. The number of likely N-dealkylation sites (tertiary alicyclic amines) is 1. The minimum atomic E-state index is 0.781. The Morgan fingerprint density at radius 1 is 1.20 bits per heavy atom. The third-order valence-corrected chi connectivity index (χ3v) is 5.08. The van der Waals surface area contributed by atoms with Crippen molar-refractivity contribution in [1.82, 2.24) is 4.90 Å². The molecule has 1 aliphatic carbocycles. The second-order valence-corrected chi connectivity index (χ2v) is 6.29. The molecule has 1 saturated heterocycles. The first-order valence-corrected chi connectivity index (χ1v) is 7.94. The third kappa shape index (κ3) is 2.78. The maximum atomic E-state index is 6.14. The van der Waals surface area contributed by atoms with Gasteiger partial charge >= 0.3 is 0 Å². The van der Waals surface area contributed by atoms with Crippen LogP contribution in [0.25, 0.3) is 0 Å². The molecule has 20 heavy (non-hydrogen) atoms. The summed E-state index contributed by atoms with van der Waals surface area (Å²) in [5.74, 6) is 1.83. The first-order chi connectivity index (χ1) is 9.78. The van der Waals surface area contributed by atoms with Gasteiger partial charge in [0.15, 0.2) is 0 Å². The van der Waals surface area contributed by atoms with Crippen molar-refractivity contribution in [3.63, 3.8) is 0 Å². The minimum absolute atomic E-state index is 0.781. The summed E-state index contributed by atoms with van der Waals surface area (Å²) in [7, 11) is 1.71. The molecule has 2 aliphatic rings. The molecule has 1 atom stereocenters. The standard InChI is InChI=1S/C17H26N2O/c1-20-15-8-9-16(18)14(11-15)12-19-10-4-7-17(19)13-5-2-3-6-13/h8-9,11,13,17H,2-7,10,12,18H2,1H3. The van der Waals surface area contributed by atoms with Gasteiger partial charge in [-0.3, -0.25) is 4.90 Å². The first-order valence-electron chi connectivity index (χ1n) is 7.94. The number of nitrogens with two attached hydrogens (primary N) is 1. The van der Waals surface area contributed by atoms with Crippen LogP contribution < -0.4 is 10.5 Å². The van der Waals surface area contributed by atoms with Crippen molar-refractivity contribution in [3.8, 4) is 5.75 Å². The van der Waals surface area contributed by atoms with Crippen LogP contribution in [0.5, 0.6) is 5.75 Å². The van der Waals surface area contributed by atoms with Crippen molar-refractivity contribution >= 4 is 5.69 Å². The molecule has 2 N–H and O–H groups in total. The zero-order valence-corrected chi connectivity index (χ0v) is 12.5. The van der Waals surface area contributed by atoms with E-state index in [9.17, 15) is 0 Å². The Morgan fingerprint density at radius 2 is 2.00 bits per heavy atom. The lowest BCUT2D eigenvalue weighted by atomic mass is 9.95. The van der Waals surface area contributed by atoms with Crippen LogP contribution in [-0.4, -0.2) is 24.6 Å². The number of methoxy groups -OCH3 is 1. The van der Waals surface area contributed by atoms with Crippen LogP contribution in [0.3, 0.4) is 0 Å². The number of nitrogen functional groups attached to an aromatic ring is 1. The van der Waals surface area contributed by atoms with Crippen molar-refractivity contribution < 1.29 is 4.74 Å². The van der Waals surface area contributed by atoms with Crippen LogP contribution in [-0.2, 0) is 6.54 Å². The fourth-order valence-electron chi connectivity index (χ4n) is 3.99. The Labute approximate surface area is 122 Å². The number of hydrogen-bond donors (Lipinski definition) is 1. The summed E-state index contributed by atoms with van der Waals surface area (Å²) in [4.78, 5) is 2.65. The van der Waals surface area contributed by atoms with E-state index in [0.29, 0.717) is 0 Å². The van der Waals surface area contributed by atoms with Gasteiger partial charge < -0.3 is 10.5 Å². The summed E-state index contributed by atoms with van der Waals surface area (Å²) in [6, 6.07) is 6.79. The molecule has 1 saturated carbocycles. The Balaban J connectivity index is 1.72. The second kappa shape index (κ2) is 6.04. The zero-order chi connectivity index (χ0) is 13.9. The van der Waals surface area contributed by atoms with Crippen LogP contribution in [0.2, 0.25) is 0 Å². The van der Waals surface area contributed by atoms with E-state index >= 15 is 0 Å². The molecule has 3 heteroatoms. The molecule has 0 radical (unpaired) electrons. The summed E-state index contributed by atoms with van der Waals surface area (Å²) in [5.41, 5.74) is 8.25. The van der Waals surface area contributed by atoms with E-state index in [2.05, 4.69) is 11.0 Å². The fraction of sp³-hybridized carbons (Fsp3) is 0.647. The number of benzene rings is 1. The molecule has 0 amide bonds. The number of nitrogens with zero attached hydrogens (tertiary/aromatic N) is 1. The third-order valence-electron chi connectivity index (χ3n) is 5.08. The SMILES string of the molecule is COc1ccc(N)c(CN2CCCC2C2CCCC2)c1. The summed E-state index contributed by atoms with van der Waals surface area (Å²) in [6.45, 7) is 2.20. The number of rotatable bonds is 4. The average Bonchev–Trinajstić information content (AvgIpc) is 3.11. The van der Waals surface area contributed by atoms with Gasteiger partial charge in [-0.1, -0.05) is 12.8 Å². The van der Waals surface area contributed by atoms with Gasteiger partial charge in [0.05, 0.1) is 7.11 Å². The Kier molecular flexibility index (Phi) is 4.16. The van der Waals surface area contributed by atoms with E-state index in [1.165, 1.54) is 50.6 Å². The minimum Gasteiger partial charge on any atom is -0.497 e. The quantitative estimate of drug-likeness (QED) is 0.855. The van der Waals surface area contributed by atoms with Gasteiger partial charge in [0.1, 0.15) is 5.75 Å². The fourth-order valence-corrected chi connectivity index (χ4v) is 3.99. The normalized spacial score (nSPS) is 24.4. The van der Waals surface area contributed by atoms with Crippen molar-refractivity contribution in [2.75, 3.05) is 19.4 Å². The van der Waals surface area contributed by atoms with Gasteiger partial charge in [-0.2, -0.15) is 0 Å². The van der Waals surface area contributed by atoms with Crippen LogP contribution >= 0.6 is 0 Å². The van der Waals surface area contributed by atoms with E-state index in [4.69, 9.17) is 10.5 Å². The molecule has 110 valence electrons.